The molecule has 0 unspecified atom stereocenters. The first-order valence-corrected chi connectivity index (χ1v) is 9.43. The van der Waals surface area contributed by atoms with E-state index in [0.29, 0.717) is 13.0 Å². The molecule has 3 aromatic rings. The van der Waals surface area contributed by atoms with Crippen LogP contribution >= 0.6 is 11.3 Å². The smallest absolute Gasteiger partial charge is 0.225 e. The lowest BCUT2D eigenvalue weighted by molar-refractivity contribution is -0.116. The predicted molar refractivity (Wildman–Crippen MR) is 102 cm³/mol. The van der Waals surface area contributed by atoms with Gasteiger partial charge in [-0.15, -0.1) is 11.3 Å². The number of halogens is 1. The van der Waals surface area contributed by atoms with E-state index in [0.717, 1.165) is 33.0 Å². The SMILES string of the molecule is CCOc1ccc([C@H]2CC(=O)Nc3c(-c4cccc(F)c4)csc32)cc1. The molecule has 0 aliphatic carbocycles. The molecule has 0 saturated heterocycles. The normalized spacial score (nSPS) is 16.1. The van der Waals surface area contributed by atoms with Crippen LogP contribution in [0.1, 0.15) is 29.7 Å². The number of hydrogen-bond acceptors (Lipinski definition) is 3. The van der Waals surface area contributed by atoms with E-state index in [1.54, 1.807) is 17.4 Å². The largest absolute Gasteiger partial charge is 0.494 e. The molecule has 5 heteroatoms. The van der Waals surface area contributed by atoms with Crippen LogP contribution < -0.4 is 10.1 Å². The molecule has 1 amide bonds. The van der Waals surface area contributed by atoms with Crippen molar-refractivity contribution < 1.29 is 13.9 Å². The van der Waals surface area contributed by atoms with E-state index in [1.165, 1.54) is 12.1 Å². The number of rotatable bonds is 4. The van der Waals surface area contributed by atoms with Crippen LogP contribution in [0.25, 0.3) is 11.1 Å². The second-order valence-electron chi connectivity index (χ2n) is 6.21. The third kappa shape index (κ3) is 3.10. The summed E-state index contributed by atoms with van der Waals surface area (Å²) in [6.07, 6.45) is 0.407. The maximum Gasteiger partial charge on any atom is 0.225 e. The Morgan fingerprint density at radius 1 is 1.23 bits per heavy atom. The third-order valence-electron chi connectivity index (χ3n) is 4.52. The number of fused-ring (bicyclic) bond motifs is 1. The van der Waals surface area contributed by atoms with Crippen LogP contribution in [-0.4, -0.2) is 12.5 Å². The third-order valence-corrected chi connectivity index (χ3v) is 5.62. The summed E-state index contributed by atoms with van der Waals surface area (Å²) >= 11 is 1.60. The molecule has 1 aliphatic rings. The van der Waals surface area contributed by atoms with Gasteiger partial charge in [-0.05, 0) is 42.3 Å². The second kappa shape index (κ2) is 6.92. The molecule has 0 spiro atoms. The number of amides is 1. The molecule has 0 fully saturated rings. The maximum atomic E-state index is 13.6. The van der Waals surface area contributed by atoms with Gasteiger partial charge in [0.25, 0.3) is 0 Å². The minimum atomic E-state index is -0.285. The van der Waals surface area contributed by atoms with Gasteiger partial charge in [0.1, 0.15) is 11.6 Å². The summed E-state index contributed by atoms with van der Waals surface area (Å²) in [4.78, 5) is 13.4. The lowest BCUT2D eigenvalue weighted by atomic mass is 9.89. The highest BCUT2D eigenvalue weighted by Gasteiger charge is 2.30. The van der Waals surface area contributed by atoms with Crippen LogP contribution in [-0.2, 0) is 4.79 Å². The van der Waals surface area contributed by atoms with Gasteiger partial charge in [0.15, 0.2) is 0 Å². The highest BCUT2D eigenvalue weighted by atomic mass is 32.1. The van der Waals surface area contributed by atoms with Crippen molar-refractivity contribution in [1.29, 1.82) is 0 Å². The Balaban J connectivity index is 1.74. The standard InChI is InChI=1S/C21H18FNO2S/c1-2-25-16-8-6-13(7-9-16)17-11-19(24)23-20-18(12-26-21(17)20)14-4-3-5-15(22)10-14/h3-10,12,17H,2,11H2,1H3,(H,23,24)/t17-/m1/s1. The van der Waals surface area contributed by atoms with E-state index in [2.05, 4.69) is 5.32 Å². The molecule has 1 N–H and O–H groups in total. The first kappa shape index (κ1) is 16.8. The van der Waals surface area contributed by atoms with Crippen molar-refractivity contribution in [1.82, 2.24) is 0 Å². The highest BCUT2D eigenvalue weighted by molar-refractivity contribution is 7.11. The van der Waals surface area contributed by atoms with E-state index in [1.807, 2.05) is 42.6 Å². The average Bonchev–Trinajstić information content (AvgIpc) is 3.06. The Morgan fingerprint density at radius 3 is 2.77 bits per heavy atom. The van der Waals surface area contributed by atoms with Crippen LogP contribution in [0.3, 0.4) is 0 Å². The van der Waals surface area contributed by atoms with Gasteiger partial charge in [-0.1, -0.05) is 24.3 Å². The maximum absolute atomic E-state index is 13.6. The number of nitrogens with one attached hydrogen (secondary N) is 1. The Kier molecular flexibility index (Phi) is 4.47. The fourth-order valence-electron chi connectivity index (χ4n) is 3.33. The van der Waals surface area contributed by atoms with E-state index >= 15 is 0 Å². The van der Waals surface area contributed by atoms with Gasteiger partial charge in [0.2, 0.25) is 5.91 Å². The molecule has 1 atom stereocenters. The lowest BCUT2D eigenvalue weighted by Gasteiger charge is -2.24. The summed E-state index contributed by atoms with van der Waals surface area (Å²) in [5.74, 6) is 0.519. The van der Waals surface area contributed by atoms with Crippen LogP contribution in [0.2, 0.25) is 0 Å². The van der Waals surface area contributed by atoms with Crippen LogP contribution in [0, 0.1) is 5.82 Å². The van der Waals surface area contributed by atoms with Crippen molar-refractivity contribution in [3.63, 3.8) is 0 Å². The number of anilines is 1. The minimum absolute atomic E-state index is 0.00161. The molecular formula is C21H18FNO2S. The molecule has 26 heavy (non-hydrogen) atoms. The Morgan fingerprint density at radius 2 is 2.04 bits per heavy atom. The Bertz CT molecular complexity index is 949. The average molecular weight is 367 g/mol. The van der Waals surface area contributed by atoms with Crippen molar-refractivity contribution in [2.24, 2.45) is 0 Å². The molecule has 2 heterocycles. The van der Waals surface area contributed by atoms with Crippen molar-refractivity contribution in [2.45, 2.75) is 19.3 Å². The first-order chi connectivity index (χ1) is 12.7. The highest BCUT2D eigenvalue weighted by Crippen LogP contribution is 2.46. The van der Waals surface area contributed by atoms with Crippen molar-refractivity contribution >= 4 is 22.9 Å². The summed E-state index contributed by atoms with van der Waals surface area (Å²) in [5, 5.41) is 4.97. The van der Waals surface area contributed by atoms with E-state index < -0.39 is 0 Å². The van der Waals surface area contributed by atoms with Gasteiger partial charge in [-0.3, -0.25) is 4.79 Å². The van der Waals surface area contributed by atoms with Crippen molar-refractivity contribution in [3.8, 4) is 16.9 Å². The minimum Gasteiger partial charge on any atom is -0.494 e. The van der Waals surface area contributed by atoms with Gasteiger partial charge >= 0.3 is 0 Å². The number of thiophene rings is 1. The quantitative estimate of drug-likeness (QED) is 0.668. The van der Waals surface area contributed by atoms with E-state index in [-0.39, 0.29) is 17.6 Å². The number of hydrogen-bond donors (Lipinski definition) is 1. The topological polar surface area (TPSA) is 38.3 Å². The van der Waals surface area contributed by atoms with Crippen LogP contribution in [0.15, 0.2) is 53.9 Å². The molecule has 4 rings (SSSR count). The molecule has 132 valence electrons. The zero-order valence-corrected chi connectivity index (χ0v) is 15.1. The summed E-state index contributed by atoms with van der Waals surface area (Å²) in [5.41, 5.74) is 3.52. The summed E-state index contributed by atoms with van der Waals surface area (Å²) < 4.78 is 19.1. The Hall–Kier alpha value is -2.66. The summed E-state index contributed by atoms with van der Waals surface area (Å²) in [7, 11) is 0. The number of carbonyl (C=O) groups excluding carboxylic acids is 1. The van der Waals surface area contributed by atoms with Crippen LogP contribution in [0.4, 0.5) is 10.1 Å². The number of benzene rings is 2. The van der Waals surface area contributed by atoms with Gasteiger partial charge in [-0.2, -0.15) is 0 Å². The Labute approximate surface area is 155 Å². The van der Waals surface area contributed by atoms with Gasteiger partial charge in [-0.25, -0.2) is 4.39 Å². The predicted octanol–water partition coefficient (Wildman–Crippen LogP) is 5.43. The van der Waals surface area contributed by atoms with Crippen LogP contribution in [0.5, 0.6) is 5.75 Å². The molecule has 2 aromatic carbocycles. The molecule has 1 aliphatic heterocycles. The lowest BCUT2D eigenvalue weighted by Crippen LogP contribution is -2.22. The second-order valence-corrected chi connectivity index (χ2v) is 7.12. The fourth-order valence-corrected chi connectivity index (χ4v) is 4.49. The molecule has 0 radical (unpaired) electrons. The van der Waals surface area contributed by atoms with E-state index in [9.17, 15) is 9.18 Å². The zero-order valence-electron chi connectivity index (χ0n) is 14.3. The van der Waals surface area contributed by atoms with Gasteiger partial charge in [0.05, 0.1) is 12.3 Å². The monoisotopic (exact) mass is 367 g/mol. The summed E-state index contributed by atoms with van der Waals surface area (Å²) in [6.45, 7) is 2.57. The number of carbonyl (C=O) groups is 1. The molecule has 0 bridgehead atoms. The molecule has 0 saturated carbocycles. The van der Waals surface area contributed by atoms with Gasteiger partial charge < -0.3 is 10.1 Å². The molecule has 1 aromatic heterocycles. The van der Waals surface area contributed by atoms with Crippen molar-refractivity contribution in [2.75, 3.05) is 11.9 Å². The van der Waals surface area contributed by atoms with E-state index in [4.69, 9.17) is 4.74 Å². The van der Waals surface area contributed by atoms with Crippen molar-refractivity contribution in [3.05, 3.63) is 70.2 Å². The molecule has 3 nitrogen and oxygen atoms in total. The number of ether oxygens (including phenoxy) is 1. The molecular weight excluding hydrogens is 349 g/mol. The van der Waals surface area contributed by atoms with Gasteiger partial charge in [0, 0.05) is 28.2 Å². The summed E-state index contributed by atoms with van der Waals surface area (Å²) in [6, 6.07) is 14.4. The fraction of sp³-hybridized carbons (Fsp3) is 0.190. The zero-order chi connectivity index (χ0) is 18.1. The first-order valence-electron chi connectivity index (χ1n) is 8.55.